The van der Waals surface area contributed by atoms with Crippen LogP contribution in [0.1, 0.15) is 29.7 Å². The Bertz CT molecular complexity index is 794. The lowest BCUT2D eigenvalue weighted by atomic mass is 10.0. The van der Waals surface area contributed by atoms with Gasteiger partial charge in [-0.2, -0.15) is 18.3 Å². The molecule has 1 amide bonds. The zero-order valence-corrected chi connectivity index (χ0v) is 14.9. The van der Waals surface area contributed by atoms with Crippen LogP contribution in [0.5, 0.6) is 5.88 Å². The van der Waals surface area contributed by atoms with Gasteiger partial charge in [-0.3, -0.25) is 4.79 Å². The van der Waals surface area contributed by atoms with Gasteiger partial charge in [-0.15, -0.1) is 5.10 Å². The van der Waals surface area contributed by atoms with Crippen LogP contribution in [0.4, 0.5) is 13.2 Å². The number of amides is 1. The van der Waals surface area contributed by atoms with Gasteiger partial charge in [-0.25, -0.2) is 0 Å². The normalized spacial score (nSPS) is 17.6. The Kier molecular flexibility index (Phi) is 5.62. The lowest BCUT2D eigenvalue weighted by Crippen LogP contribution is -2.45. The number of aryl methyl sites for hydroxylation is 1. The summed E-state index contributed by atoms with van der Waals surface area (Å²) in [5.41, 5.74) is 0.386. The summed E-state index contributed by atoms with van der Waals surface area (Å²) in [6, 6.07) is 8.41. The van der Waals surface area contributed by atoms with E-state index in [4.69, 9.17) is 4.74 Å². The van der Waals surface area contributed by atoms with Crippen molar-refractivity contribution in [1.82, 2.24) is 15.1 Å². The molecule has 1 fully saturated rings. The number of alkyl halides is 3. The molecule has 1 atom stereocenters. The molecule has 27 heavy (non-hydrogen) atoms. The van der Waals surface area contributed by atoms with Crippen molar-refractivity contribution in [3.8, 4) is 5.88 Å². The van der Waals surface area contributed by atoms with E-state index >= 15 is 0 Å². The number of rotatable bonds is 4. The van der Waals surface area contributed by atoms with Crippen molar-refractivity contribution in [2.75, 3.05) is 13.1 Å². The van der Waals surface area contributed by atoms with Crippen LogP contribution in [0.15, 0.2) is 36.4 Å². The van der Waals surface area contributed by atoms with E-state index in [-0.39, 0.29) is 18.4 Å². The number of piperidine rings is 1. The fraction of sp³-hybridized carbons (Fsp3) is 0.421. The third-order valence-electron chi connectivity index (χ3n) is 4.40. The van der Waals surface area contributed by atoms with Crippen LogP contribution in [0, 0.1) is 6.92 Å². The molecule has 0 spiro atoms. The smallest absolute Gasteiger partial charge is 0.416 e. The zero-order chi connectivity index (χ0) is 19.4. The largest absolute Gasteiger partial charge is 0.471 e. The van der Waals surface area contributed by atoms with Gasteiger partial charge in [0.1, 0.15) is 6.10 Å². The van der Waals surface area contributed by atoms with Crippen molar-refractivity contribution in [2.24, 2.45) is 0 Å². The Morgan fingerprint density at radius 3 is 2.78 bits per heavy atom. The molecule has 0 N–H and O–H groups in total. The van der Waals surface area contributed by atoms with Crippen molar-refractivity contribution >= 4 is 5.91 Å². The molecule has 3 rings (SSSR count). The number of likely N-dealkylation sites (tertiary alicyclic amines) is 1. The number of hydrogen-bond donors (Lipinski definition) is 0. The molecule has 1 aromatic carbocycles. The van der Waals surface area contributed by atoms with Crippen LogP contribution in [0.25, 0.3) is 0 Å². The summed E-state index contributed by atoms with van der Waals surface area (Å²) in [6.45, 7) is 2.77. The summed E-state index contributed by atoms with van der Waals surface area (Å²) in [5, 5.41) is 7.90. The van der Waals surface area contributed by atoms with Gasteiger partial charge in [0.2, 0.25) is 11.8 Å². The lowest BCUT2D eigenvalue weighted by molar-refractivity contribution is -0.138. The molecule has 2 aromatic rings. The Balaban J connectivity index is 1.60. The quantitative estimate of drug-likeness (QED) is 0.817. The fourth-order valence-electron chi connectivity index (χ4n) is 3.03. The minimum Gasteiger partial charge on any atom is -0.471 e. The Morgan fingerprint density at radius 1 is 1.26 bits per heavy atom. The second kappa shape index (κ2) is 7.94. The maximum atomic E-state index is 12.8. The summed E-state index contributed by atoms with van der Waals surface area (Å²) >= 11 is 0. The minimum atomic E-state index is -4.42. The number of carbonyl (C=O) groups excluding carboxylic acids is 1. The molecule has 1 saturated heterocycles. The van der Waals surface area contributed by atoms with Gasteiger partial charge in [0.25, 0.3) is 0 Å². The summed E-state index contributed by atoms with van der Waals surface area (Å²) < 4.78 is 44.2. The van der Waals surface area contributed by atoms with Crippen molar-refractivity contribution in [1.29, 1.82) is 0 Å². The molecule has 1 aromatic heterocycles. The highest BCUT2D eigenvalue weighted by Crippen LogP contribution is 2.29. The number of carbonyl (C=O) groups is 1. The molecule has 0 radical (unpaired) electrons. The first-order valence-electron chi connectivity index (χ1n) is 8.72. The van der Waals surface area contributed by atoms with E-state index in [9.17, 15) is 18.0 Å². The summed E-state index contributed by atoms with van der Waals surface area (Å²) in [5.74, 6) is 0.190. The van der Waals surface area contributed by atoms with Gasteiger partial charge in [0.05, 0.1) is 24.2 Å². The molecule has 1 aliphatic heterocycles. The molecule has 1 aliphatic rings. The first kappa shape index (κ1) is 19.1. The van der Waals surface area contributed by atoms with E-state index in [1.807, 2.05) is 6.92 Å². The molecular weight excluding hydrogens is 359 g/mol. The second-order valence-corrected chi connectivity index (χ2v) is 6.61. The Labute approximate surface area is 155 Å². The third-order valence-corrected chi connectivity index (χ3v) is 4.40. The van der Waals surface area contributed by atoms with Gasteiger partial charge in [0, 0.05) is 12.6 Å². The van der Waals surface area contributed by atoms with Crippen LogP contribution in [-0.4, -0.2) is 40.2 Å². The number of halogens is 3. The monoisotopic (exact) mass is 379 g/mol. The lowest BCUT2D eigenvalue weighted by Gasteiger charge is -2.32. The highest BCUT2D eigenvalue weighted by atomic mass is 19.4. The molecular formula is C19H20F3N3O2. The molecule has 1 unspecified atom stereocenters. The van der Waals surface area contributed by atoms with E-state index in [1.165, 1.54) is 12.1 Å². The topological polar surface area (TPSA) is 55.3 Å². The van der Waals surface area contributed by atoms with Crippen molar-refractivity contribution in [3.63, 3.8) is 0 Å². The van der Waals surface area contributed by atoms with Crippen LogP contribution >= 0.6 is 0 Å². The van der Waals surface area contributed by atoms with Crippen molar-refractivity contribution < 1.29 is 22.7 Å². The number of aromatic nitrogens is 2. The molecule has 2 heterocycles. The van der Waals surface area contributed by atoms with Gasteiger partial charge in [-0.1, -0.05) is 18.2 Å². The van der Waals surface area contributed by atoms with Crippen LogP contribution < -0.4 is 4.74 Å². The first-order valence-corrected chi connectivity index (χ1v) is 8.72. The van der Waals surface area contributed by atoms with Gasteiger partial charge in [-0.05, 0) is 37.5 Å². The van der Waals surface area contributed by atoms with Gasteiger partial charge in [0.15, 0.2) is 0 Å². The van der Waals surface area contributed by atoms with E-state index in [2.05, 4.69) is 10.2 Å². The second-order valence-electron chi connectivity index (χ2n) is 6.61. The fourth-order valence-corrected chi connectivity index (χ4v) is 3.03. The maximum absolute atomic E-state index is 12.8. The molecule has 0 bridgehead atoms. The van der Waals surface area contributed by atoms with Crippen LogP contribution in [-0.2, 0) is 17.4 Å². The van der Waals surface area contributed by atoms with Crippen LogP contribution in [0.2, 0.25) is 0 Å². The zero-order valence-electron chi connectivity index (χ0n) is 14.9. The first-order chi connectivity index (χ1) is 12.8. The van der Waals surface area contributed by atoms with Crippen molar-refractivity contribution in [2.45, 2.75) is 38.5 Å². The van der Waals surface area contributed by atoms with Crippen LogP contribution in [0.3, 0.4) is 0 Å². The van der Waals surface area contributed by atoms with Gasteiger partial charge < -0.3 is 9.64 Å². The molecule has 0 saturated carbocycles. The van der Waals surface area contributed by atoms with E-state index in [1.54, 1.807) is 17.0 Å². The number of hydrogen-bond acceptors (Lipinski definition) is 4. The predicted molar refractivity (Wildman–Crippen MR) is 92.1 cm³/mol. The third kappa shape index (κ3) is 5.18. The summed E-state index contributed by atoms with van der Waals surface area (Å²) in [7, 11) is 0. The Hall–Kier alpha value is -2.64. The number of nitrogens with zero attached hydrogens (tertiary/aromatic N) is 3. The molecule has 0 aliphatic carbocycles. The van der Waals surface area contributed by atoms with E-state index in [0.717, 1.165) is 30.7 Å². The summed E-state index contributed by atoms with van der Waals surface area (Å²) in [6.07, 6.45) is -3.15. The highest BCUT2D eigenvalue weighted by Gasteiger charge is 2.31. The molecule has 144 valence electrons. The highest BCUT2D eigenvalue weighted by molar-refractivity contribution is 5.79. The van der Waals surface area contributed by atoms with Crippen molar-refractivity contribution in [3.05, 3.63) is 53.2 Å². The van der Waals surface area contributed by atoms with Gasteiger partial charge >= 0.3 is 6.18 Å². The molecule has 5 nitrogen and oxygen atoms in total. The SMILES string of the molecule is Cc1ccc(OC2CCCN(C(=O)Cc3cccc(C(F)(F)F)c3)C2)nn1. The predicted octanol–water partition coefficient (Wildman–Crippen LogP) is 3.42. The average molecular weight is 379 g/mol. The van der Waals surface area contributed by atoms with E-state index in [0.29, 0.717) is 24.5 Å². The number of benzene rings is 1. The minimum absolute atomic E-state index is 0.0685. The Morgan fingerprint density at radius 2 is 2.07 bits per heavy atom. The molecule has 8 heteroatoms. The standard InChI is InChI=1S/C19H20F3N3O2/c1-13-7-8-17(24-23-13)27-16-6-3-9-25(12-16)18(26)11-14-4-2-5-15(10-14)19(20,21)22/h2,4-5,7-8,10,16H,3,6,9,11-12H2,1H3. The maximum Gasteiger partial charge on any atom is 0.416 e. The average Bonchev–Trinajstić information content (AvgIpc) is 2.63. The summed E-state index contributed by atoms with van der Waals surface area (Å²) in [4.78, 5) is 14.2. The van der Waals surface area contributed by atoms with E-state index < -0.39 is 11.7 Å². The number of ether oxygens (including phenoxy) is 1.